The number of esters is 1. The molecule has 0 bridgehead atoms. The van der Waals surface area contributed by atoms with Gasteiger partial charge in [-0.2, -0.15) is 0 Å². The van der Waals surface area contributed by atoms with Gasteiger partial charge in [-0.1, -0.05) is 12.1 Å². The Hall–Kier alpha value is -3.81. The lowest BCUT2D eigenvalue weighted by atomic mass is 9.98. The average molecular weight is 408 g/mol. The Kier molecular flexibility index (Phi) is 4.91. The van der Waals surface area contributed by atoms with Gasteiger partial charge in [-0.05, 0) is 31.2 Å². The number of benzene rings is 1. The first-order chi connectivity index (χ1) is 14.5. The molecule has 1 N–H and O–H groups in total. The molecule has 0 radical (unpaired) electrons. The van der Waals surface area contributed by atoms with Crippen molar-refractivity contribution in [2.75, 3.05) is 14.2 Å². The normalized spacial score (nSPS) is 14.9. The predicted molar refractivity (Wildman–Crippen MR) is 107 cm³/mol. The summed E-state index contributed by atoms with van der Waals surface area (Å²) in [5.41, 5.74) is 1.38. The van der Waals surface area contributed by atoms with E-state index in [1.807, 2.05) is 6.07 Å². The topological polar surface area (TPSA) is 99.9 Å². The van der Waals surface area contributed by atoms with E-state index < -0.39 is 17.6 Å². The van der Waals surface area contributed by atoms with Crippen LogP contribution >= 0.6 is 0 Å². The van der Waals surface area contributed by atoms with Crippen molar-refractivity contribution in [3.8, 4) is 17.2 Å². The zero-order chi connectivity index (χ0) is 21.4. The second-order valence-corrected chi connectivity index (χ2v) is 6.85. The lowest BCUT2D eigenvalue weighted by Crippen LogP contribution is -2.28. The van der Waals surface area contributed by atoms with Gasteiger partial charge in [0.15, 0.2) is 17.6 Å². The molecule has 154 valence electrons. The van der Waals surface area contributed by atoms with Gasteiger partial charge in [-0.25, -0.2) is 4.79 Å². The summed E-state index contributed by atoms with van der Waals surface area (Å²) in [6.07, 6.45) is 0.585. The van der Waals surface area contributed by atoms with Crippen molar-refractivity contribution in [2.24, 2.45) is 0 Å². The minimum Gasteiger partial charge on any atom is -0.507 e. The molecule has 3 heterocycles. The smallest absolute Gasteiger partial charge is 0.343 e. The molecule has 1 aromatic carbocycles. The van der Waals surface area contributed by atoms with E-state index in [0.717, 1.165) is 0 Å². The van der Waals surface area contributed by atoms with Gasteiger partial charge in [0.05, 0.1) is 26.5 Å². The number of methoxy groups -OCH3 is 2. The van der Waals surface area contributed by atoms with E-state index in [2.05, 4.69) is 4.98 Å². The Morgan fingerprint density at radius 3 is 2.63 bits per heavy atom. The quantitative estimate of drug-likeness (QED) is 0.648. The summed E-state index contributed by atoms with van der Waals surface area (Å²) >= 11 is 0. The van der Waals surface area contributed by atoms with Crippen molar-refractivity contribution in [3.63, 3.8) is 0 Å². The Morgan fingerprint density at radius 2 is 1.97 bits per heavy atom. The minimum absolute atomic E-state index is 0.0177. The molecule has 8 nitrogen and oxygen atoms in total. The second-order valence-electron chi connectivity index (χ2n) is 6.85. The van der Waals surface area contributed by atoms with Crippen LogP contribution in [0, 0.1) is 6.92 Å². The number of aryl methyl sites for hydroxylation is 1. The molecular formula is C22H20N2O6. The molecule has 1 atom stereocenters. The van der Waals surface area contributed by atoms with Crippen LogP contribution in [0.5, 0.6) is 17.2 Å². The molecule has 2 aromatic heterocycles. The van der Waals surface area contributed by atoms with Gasteiger partial charge in [0, 0.05) is 17.5 Å². The van der Waals surface area contributed by atoms with Crippen molar-refractivity contribution >= 4 is 5.97 Å². The zero-order valence-corrected chi connectivity index (χ0v) is 16.7. The maximum Gasteiger partial charge on any atom is 0.343 e. The average Bonchev–Trinajstić information content (AvgIpc) is 3.07. The fraction of sp³-hybridized carbons (Fsp3) is 0.227. The van der Waals surface area contributed by atoms with Gasteiger partial charge in [0.2, 0.25) is 0 Å². The molecule has 4 rings (SSSR count). The largest absolute Gasteiger partial charge is 0.507 e. The maximum atomic E-state index is 13.3. The van der Waals surface area contributed by atoms with Crippen LogP contribution in [0.2, 0.25) is 0 Å². The number of cyclic esters (lactones) is 1. The molecule has 0 aliphatic carbocycles. The van der Waals surface area contributed by atoms with Crippen molar-refractivity contribution in [1.29, 1.82) is 0 Å². The summed E-state index contributed by atoms with van der Waals surface area (Å²) in [4.78, 5) is 30.2. The number of hydrogen-bond donors (Lipinski definition) is 1. The highest BCUT2D eigenvalue weighted by Crippen LogP contribution is 2.45. The highest BCUT2D eigenvalue weighted by atomic mass is 16.6. The van der Waals surface area contributed by atoms with Crippen LogP contribution in [0.15, 0.2) is 47.4 Å². The summed E-state index contributed by atoms with van der Waals surface area (Å²) in [7, 11) is 2.88. The van der Waals surface area contributed by atoms with Crippen molar-refractivity contribution in [1.82, 2.24) is 9.55 Å². The van der Waals surface area contributed by atoms with Gasteiger partial charge in [-0.15, -0.1) is 0 Å². The Bertz CT molecular complexity index is 1190. The van der Waals surface area contributed by atoms with E-state index in [1.165, 1.54) is 24.9 Å². The van der Waals surface area contributed by atoms with Crippen LogP contribution in [-0.4, -0.2) is 34.8 Å². The summed E-state index contributed by atoms with van der Waals surface area (Å²) in [6, 6.07) is 10.2. The summed E-state index contributed by atoms with van der Waals surface area (Å²) in [5.74, 6) is -0.297. The van der Waals surface area contributed by atoms with Crippen LogP contribution in [0.1, 0.15) is 39.0 Å². The number of aromatic nitrogens is 2. The van der Waals surface area contributed by atoms with E-state index in [-0.39, 0.29) is 29.2 Å². The lowest BCUT2D eigenvalue weighted by Gasteiger charge is -2.17. The Morgan fingerprint density at radius 1 is 1.17 bits per heavy atom. The SMILES string of the molecule is COc1ccc2c(c1OC)C(=O)O[C@@H]2c1c(O)cc(C)n(Cc2ccccn2)c1=O. The van der Waals surface area contributed by atoms with Crippen LogP contribution in [-0.2, 0) is 11.3 Å². The number of nitrogens with zero attached hydrogens (tertiary/aromatic N) is 2. The van der Waals surface area contributed by atoms with E-state index in [9.17, 15) is 14.7 Å². The van der Waals surface area contributed by atoms with E-state index >= 15 is 0 Å². The van der Waals surface area contributed by atoms with Gasteiger partial charge in [0.25, 0.3) is 5.56 Å². The third-order valence-electron chi connectivity index (χ3n) is 5.12. The first-order valence-corrected chi connectivity index (χ1v) is 9.25. The number of aromatic hydroxyl groups is 1. The molecule has 8 heteroatoms. The fourth-order valence-electron chi connectivity index (χ4n) is 3.68. The van der Waals surface area contributed by atoms with Crippen molar-refractivity contribution in [3.05, 3.63) is 81.0 Å². The Labute approximate surface area is 172 Å². The highest BCUT2D eigenvalue weighted by molar-refractivity contribution is 5.98. The fourth-order valence-corrected chi connectivity index (χ4v) is 3.68. The molecule has 0 spiro atoms. The van der Waals surface area contributed by atoms with E-state index in [1.54, 1.807) is 37.4 Å². The molecule has 30 heavy (non-hydrogen) atoms. The highest BCUT2D eigenvalue weighted by Gasteiger charge is 2.39. The summed E-state index contributed by atoms with van der Waals surface area (Å²) in [5, 5.41) is 10.6. The Balaban J connectivity index is 1.86. The van der Waals surface area contributed by atoms with Gasteiger partial charge in [-0.3, -0.25) is 9.78 Å². The first-order valence-electron chi connectivity index (χ1n) is 9.25. The molecule has 0 saturated carbocycles. The molecule has 0 fully saturated rings. The molecular weight excluding hydrogens is 388 g/mol. The van der Waals surface area contributed by atoms with E-state index in [0.29, 0.717) is 22.7 Å². The third kappa shape index (κ3) is 3.06. The summed E-state index contributed by atoms with van der Waals surface area (Å²) in [6.45, 7) is 1.94. The molecule has 3 aromatic rings. The molecule has 0 unspecified atom stereocenters. The van der Waals surface area contributed by atoms with E-state index in [4.69, 9.17) is 14.2 Å². The number of hydrogen-bond acceptors (Lipinski definition) is 7. The molecule has 0 amide bonds. The first kappa shape index (κ1) is 19.5. The number of carbonyl (C=O) groups excluding carboxylic acids is 1. The van der Waals surface area contributed by atoms with Crippen LogP contribution < -0.4 is 15.0 Å². The van der Waals surface area contributed by atoms with Crippen LogP contribution in [0.4, 0.5) is 0 Å². The molecule has 1 aliphatic rings. The standard InChI is InChI=1S/C22H20N2O6/c1-12-10-15(25)18(21(26)24(12)11-13-6-4-5-9-23-13)19-14-7-8-16(28-2)20(29-3)17(14)22(27)30-19/h4-10,19,25H,11H2,1-3H3/t19-/m0/s1. The number of carbonyl (C=O) groups is 1. The molecule has 1 aliphatic heterocycles. The van der Waals surface area contributed by atoms with Crippen LogP contribution in [0.25, 0.3) is 0 Å². The monoisotopic (exact) mass is 408 g/mol. The summed E-state index contributed by atoms with van der Waals surface area (Å²) < 4.78 is 17.6. The van der Waals surface area contributed by atoms with Crippen molar-refractivity contribution < 1.29 is 24.1 Å². The second kappa shape index (κ2) is 7.55. The number of ether oxygens (including phenoxy) is 3. The maximum absolute atomic E-state index is 13.3. The van der Waals surface area contributed by atoms with Gasteiger partial charge >= 0.3 is 5.97 Å². The number of pyridine rings is 2. The molecule has 0 saturated heterocycles. The van der Waals surface area contributed by atoms with Crippen molar-refractivity contribution in [2.45, 2.75) is 19.6 Å². The van der Waals surface area contributed by atoms with Crippen LogP contribution in [0.3, 0.4) is 0 Å². The minimum atomic E-state index is -1.06. The zero-order valence-electron chi connectivity index (χ0n) is 16.7. The number of fused-ring (bicyclic) bond motifs is 1. The number of rotatable bonds is 5. The third-order valence-corrected chi connectivity index (χ3v) is 5.12. The van der Waals surface area contributed by atoms with Gasteiger partial charge in [0.1, 0.15) is 16.9 Å². The predicted octanol–water partition coefficient (Wildman–Crippen LogP) is 2.58. The lowest BCUT2D eigenvalue weighted by molar-refractivity contribution is 0.0448. The van der Waals surface area contributed by atoms with Gasteiger partial charge < -0.3 is 23.9 Å².